The summed E-state index contributed by atoms with van der Waals surface area (Å²) in [7, 11) is 0. The molecule has 2 N–H and O–H groups in total. The quantitative estimate of drug-likeness (QED) is 0.337. The second-order valence-electron chi connectivity index (χ2n) is 1.43. The van der Waals surface area contributed by atoms with Gasteiger partial charge in [-0.15, -0.1) is 0 Å². The molecule has 0 aromatic carbocycles. The average Bonchev–Trinajstić information content (AvgIpc) is 2.18. The van der Waals surface area contributed by atoms with Crippen molar-refractivity contribution >= 4 is 0 Å². The lowest BCUT2D eigenvalue weighted by atomic mass is 10.4. The second kappa shape index (κ2) is 1.06. The molecule has 0 bridgehead atoms. The Kier molecular flexibility index (Phi) is 0.725. The number of hydrogen-bond donors (Lipinski definition) is 2. The van der Waals surface area contributed by atoms with E-state index in [1.165, 1.54) is 0 Å². The summed E-state index contributed by atoms with van der Waals surface area (Å²) in [6.07, 6.45) is 0.0995. The predicted octanol–water partition coefficient (Wildman–Crippen LogP) is -0.790. The van der Waals surface area contributed by atoms with Crippen LogP contribution in [-0.4, -0.2) is 22.3 Å². The summed E-state index contributed by atoms with van der Waals surface area (Å²) in [5.41, 5.74) is 0. The first-order valence-corrected chi connectivity index (χ1v) is 1.91. The fourth-order valence-corrected chi connectivity index (χ4v) is 0.294. The van der Waals surface area contributed by atoms with Gasteiger partial charge in [0.2, 0.25) is 12.1 Å². The molecule has 0 aliphatic carbocycles. The van der Waals surface area contributed by atoms with E-state index in [9.17, 15) is 0 Å². The van der Waals surface area contributed by atoms with Gasteiger partial charge in [-0.25, -0.2) is 0 Å². The lowest BCUT2D eigenvalue weighted by molar-refractivity contribution is 0.0829. The molecule has 0 spiro atoms. The van der Waals surface area contributed by atoms with Crippen LogP contribution in [0.4, 0.5) is 0 Å². The van der Waals surface area contributed by atoms with E-state index in [-0.39, 0.29) is 0 Å². The lowest BCUT2D eigenvalue weighted by Crippen LogP contribution is -2.07. The van der Waals surface area contributed by atoms with E-state index in [1.54, 1.807) is 0 Å². The van der Waals surface area contributed by atoms with Crippen LogP contribution in [0.1, 0.15) is 0 Å². The van der Waals surface area contributed by atoms with Gasteiger partial charge in [-0.3, -0.25) is 0 Å². The van der Waals surface area contributed by atoms with Gasteiger partial charge in [0.15, 0.2) is 0 Å². The molecule has 2 atom stereocenters. The summed E-state index contributed by atoms with van der Waals surface area (Å²) in [6.45, 7) is 3.21. The molecule has 3 nitrogen and oxygen atoms in total. The molecule has 0 radical (unpaired) electrons. The number of hydrogen-bond acceptors (Lipinski definition) is 3. The first-order valence-electron chi connectivity index (χ1n) is 1.91. The molecular formula is C4H6O3. The molecular weight excluding hydrogens is 96.0 g/mol. The number of epoxide rings is 1. The van der Waals surface area contributed by atoms with Crippen LogP contribution in [0.15, 0.2) is 12.7 Å². The maximum atomic E-state index is 8.62. The van der Waals surface area contributed by atoms with E-state index in [0.29, 0.717) is 0 Å². The third-order valence-electron chi connectivity index (χ3n) is 0.889. The largest absolute Gasteiger partial charge is 0.363 e. The molecule has 1 rings (SSSR count). The van der Waals surface area contributed by atoms with E-state index in [4.69, 9.17) is 10.2 Å². The minimum Gasteiger partial charge on any atom is -0.363 e. The Balaban J connectivity index is 2.51. The third-order valence-corrected chi connectivity index (χ3v) is 0.889. The summed E-state index contributed by atoms with van der Waals surface area (Å²) < 4.78 is 4.25. The van der Waals surface area contributed by atoms with Gasteiger partial charge in [0, 0.05) is 0 Å². The van der Waals surface area contributed by atoms with Gasteiger partial charge < -0.3 is 14.9 Å². The van der Waals surface area contributed by atoms with Crippen LogP contribution in [0.2, 0.25) is 0 Å². The Bertz CT molecular complexity index is 101. The van der Waals surface area contributed by atoms with Gasteiger partial charge >= 0.3 is 0 Å². The fourth-order valence-electron chi connectivity index (χ4n) is 0.294. The van der Waals surface area contributed by atoms with E-state index in [2.05, 4.69) is 11.3 Å². The van der Waals surface area contributed by atoms with Crippen LogP contribution in [-0.2, 0) is 4.74 Å². The van der Waals surface area contributed by atoms with E-state index in [0.717, 1.165) is 6.08 Å². The molecule has 0 amide bonds. The molecule has 1 aliphatic rings. The topological polar surface area (TPSA) is 53.0 Å². The lowest BCUT2D eigenvalue weighted by Gasteiger charge is -1.87. The van der Waals surface area contributed by atoms with E-state index < -0.39 is 12.1 Å². The van der Waals surface area contributed by atoms with Gasteiger partial charge in [0.1, 0.15) is 0 Å². The van der Waals surface area contributed by atoms with Crippen molar-refractivity contribution in [2.75, 3.05) is 0 Å². The van der Waals surface area contributed by atoms with E-state index in [1.807, 2.05) is 0 Å². The Morgan fingerprint density at radius 1 is 1.86 bits per heavy atom. The number of aliphatic hydroxyl groups is 2. The van der Waals surface area contributed by atoms with Crippen molar-refractivity contribution in [3.05, 3.63) is 12.7 Å². The molecule has 2 unspecified atom stereocenters. The maximum Gasteiger partial charge on any atom is 0.240 e. The summed E-state index contributed by atoms with van der Waals surface area (Å²) >= 11 is 0. The molecule has 40 valence electrons. The molecule has 1 saturated heterocycles. The Morgan fingerprint density at radius 3 is 2.29 bits per heavy atom. The second-order valence-corrected chi connectivity index (χ2v) is 1.43. The minimum absolute atomic E-state index is 1.05. The summed E-state index contributed by atoms with van der Waals surface area (Å²) in [4.78, 5) is 0. The Hall–Kier alpha value is -0.380. The van der Waals surface area contributed by atoms with Gasteiger partial charge in [0.05, 0.1) is 0 Å². The average molecular weight is 102 g/mol. The highest BCUT2D eigenvalue weighted by molar-refractivity contribution is 5.00. The van der Waals surface area contributed by atoms with Crippen molar-refractivity contribution in [3.63, 3.8) is 0 Å². The summed E-state index contributed by atoms with van der Waals surface area (Å²) in [5, 5.41) is 17.0. The van der Waals surface area contributed by atoms with Crippen molar-refractivity contribution in [2.45, 2.75) is 12.1 Å². The van der Waals surface area contributed by atoms with Crippen LogP contribution in [0.3, 0.4) is 0 Å². The molecule has 0 saturated carbocycles. The van der Waals surface area contributed by atoms with Crippen LogP contribution in [0.25, 0.3) is 0 Å². The minimum atomic E-state index is -1.43. The maximum absolute atomic E-state index is 8.62. The van der Waals surface area contributed by atoms with Crippen molar-refractivity contribution in [1.82, 2.24) is 0 Å². The molecule has 1 fully saturated rings. The van der Waals surface area contributed by atoms with Crippen molar-refractivity contribution in [1.29, 1.82) is 0 Å². The highest BCUT2D eigenvalue weighted by Crippen LogP contribution is 2.31. The molecule has 3 heteroatoms. The van der Waals surface area contributed by atoms with Gasteiger partial charge in [0.25, 0.3) is 0 Å². The zero-order valence-electron chi connectivity index (χ0n) is 3.66. The highest BCUT2D eigenvalue weighted by Gasteiger charge is 2.52. The van der Waals surface area contributed by atoms with Gasteiger partial charge in [-0.1, -0.05) is 6.58 Å². The number of rotatable bonds is 1. The predicted molar refractivity (Wildman–Crippen MR) is 22.2 cm³/mol. The van der Waals surface area contributed by atoms with Crippen molar-refractivity contribution in [2.24, 2.45) is 0 Å². The van der Waals surface area contributed by atoms with Crippen molar-refractivity contribution in [3.8, 4) is 0 Å². The standard InChI is InChI=1S/C4H6O3/c1-2-4(6)3(5)7-4/h2-3,5-6H,1H2. The van der Waals surface area contributed by atoms with E-state index >= 15 is 0 Å². The Morgan fingerprint density at radius 2 is 2.29 bits per heavy atom. The molecule has 0 aromatic rings. The molecule has 0 aromatic heterocycles. The van der Waals surface area contributed by atoms with Gasteiger partial charge in [-0.2, -0.15) is 0 Å². The zero-order chi connectivity index (χ0) is 5.49. The number of aliphatic hydroxyl groups excluding tert-OH is 1. The van der Waals surface area contributed by atoms with Crippen LogP contribution < -0.4 is 0 Å². The fraction of sp³-hybridized carbons (Fsp3) is 0.500. The first-order chi connectivity index (χ1) is 3.19. The first kappa shape index (κ1) is 4.77. The van der Waals surface area contributed by atoms with Crippen LogP contribution in [0.5, 0.6) is 0 Å². The third kappa shape index (κ3) is 0.545. The SMILES string of the molecule is C=CC1(O)OC1O. The van der Waals surface area contributed by atoms with Crippen molar-refractivity contribution < 1.29 is 14.9 Å². The normalized spacial score (nSPS) is 48.6. The summed E-state index contributed by atoms with van der Waals surface area (Å²) in [6, 6.07) is 0. The molecule has 1 aliphatic heterocycles. The Labute approximate surface area is 40.8 Å². The van der Waals surface area contributed by atoms with Crippen LogP contribution in [0, 0.1) is 0 Å². The molecule has 7 heavy (non-hydrogen) atoms. The number of ether oxygens (including phenoxy) is 1. The monoisotopic (exact) mass is 102 g/mol. The van der Waals surface area contributed by atoms with Crippen LogP contribution >= 0.6 is 0 Å². The smallest absolute Gasteiger partial charge is 0.240 e. The zero-order valence-corrected chi connectivity index (χ0v) is 3.66. The molecule has 1 heterocycles. The summed E-state index contributed by atoms with van der Waals surface area (Å²) in [5.74, 6) is -1.43. The highest BCUT2D eigenvalue weighted by atomic mass is 16.8. The van der Waals surface area contributed by atoms with Gasteiger partial charge in [-0.05, 0) is 6.08 Å².